The fourth-order valence-corrected chi connectivity index (χ4v) is 5.22. The Morgan fingerprint density at radius 1 is 0.971 bits per heavy atom. The molecule has 0 saturated carbocycles. The number of likely N-dealkylation sites (N-methyl/N-ethyl adjacent to an activating group) is 1. The zero-order valence-corrected chi connectivity index (χ0v) is 19.8. The van der Waals surface area contributed by atoms with Crippen molar-refractivity contribution < 1.29 is 24.9 Å². The smallest absolute Gasteiger partial charge is 0.177 e. The monoisotopic (exact) mass is 470 g/mol. The second kappa shape index (κ2) is 10.2. The molecule has 184 valence electrons. The maximum absolute atomic E-state index is 13.6. The molecule has 0 aromatic heterocycles. The maximum Gasteiger partial charge on any atom is 0.177 e. The third-order valence-corrected chi connectivity index (χ3v) is 6.99. The molecule has 3 atom stereocenters. The van der Waals surface area contributed by atoms with Crippen molar-refractivity contribution in [2.75, 3.05) is 53.4 Å². The molecule has 5 N–H and O–H groups in total. The van der Waals surface area contributed by atoms with Crippen LogP contribution in [0.1, 0.15) is 33.6 Å². The molecule has 1 saturated heterocycles. The minimum Gasteiger partial charge on any atom is -0.507 e. The van der Waals surface area contributed by atoms with E-state index in [0.29, 0.717) is 31.0 Å². The van der Waals surface area contributed by atoms with E-state index in [2.05, 4.69) is 15.5 Å². The number of fused-ring (bicyclic) bond motifs is 2. The fourth-order valence-electron chi connectivity index (χ4n) is 5.22. The Morgan fingerprint density at radius 2 is 1.53 bits per heavy atom. The number of carbonyl (C=O) groups excluding carboxylic acids is 2. The molecular weight excluding hydrogens is 436 g/mol. The van der Waals surface area contributed by atoms with Crippen molar-refractivity contribution in [3.63, 3.8) is 0 Å². The van der Waals surface area contributed by atoms with E-state index in [4.69, 9.17) is 0 Å². The number of aliphatic hydroxyl groups excluding tert-OH is 1. The second-order valence-corrected chi connectivity index (χ2v) is 9.45. The Bertz CT molecular complexity index is 1020. The first kappa shape index (κ1) is 24.3. The summed E-state index contributed by atoms with van der Waals surface area (Å²) in [6.07, 6.45) is 5.67. The SMILES string of the molecule is CN(C)CCNC1=CC=C(NCCN2CCCC2CO)C2C(=O)c3c(O)ccc(O)c3C(=O)C12. The highest BCUT2D eigenvalue weighted by Crippen LogP contribution is 2.44. The number of nitrogens with one attached hydrogen (secondary N) is 2. The minimum absolute atomic E-state index is 0.115. The lowest BCUT2D eigenvalue weighted by Crippen LogP contribution is -2.47. The van der Waals surface area contributed by atoms with E-state index >= 15 is 0 Å². The molecule has 3 aliphatic rings. The fraction of sp³-hybridized carbons (Fsp3) is 0.520. The Morgan fingerprint density at radius 3 is 2.06 bits per heavy atom. The third-order valence-electron chi connectivity index (χ3n) is 6.99. The molecule has 1 fully saturated rings. The van der Waals surface area contributed by atoms with Crippen molar-refractivity contribution in [1.29, 1.82) is 0 Å². The first-order chi connectivity index (χ1) is 16.3. The minimum atomic E-state index is -0.813. The summed E-state index contributed by atoms with van der Waals surface area (Å²) in [4.78, 5) is 31.4. The van der Waals surface area contributed by atoms with Crippen molar-refractivity contribution in [3.05, 3.63) is 46.8 Å². The van der Waals surface area contributed by atoms with Gasteiger partial charge in [0, 0.05) is 43.6 Å². The van der Waals surface area contributed by atoms with Crippen molar-refractivity contribution >= 4 is 11.6 Å². The van der Waals surface area contributed by atoms with E-state index in [1.165, 1.54) is 12.1 Å². The zero-order valence-electron chi connectivity index (χ0n) is 19.8. The number of Topliss-reactive ketones (excluding diaryl/α,β-unsaturated/α-hetero) is 2. The lowest BCUT2D eigenvalue weighted by molar-refractivity contribution is 0.0769. The predicted molar refractivity (Wildman–Crippen MR) is 128 cm³/mol. The molecule has 0 radical (unpaired) electrons. The normalized spacial score (nSPS) is 24.5. The number of allylic oxidation sites excluding steroid dienone is 4. The van der Waals surface area contributed by atoms with Crippen LogP contribution in [0.15, 0.2) is 35.7 Å². The van der Waals surface area contributed by atoms with Gasteiger partial charge in [-0.3, -0.25) is 14.5 Å². The Labute approximate surface area is 199 Å². The third kappa shape index (κ3) is 4.55. The maximum atomic E-state index is 13.6. The summed E-state index contributed by atoms with van der Waals surface area (Å²) in [5.74, 6) is -3.00. The number of carbonyl (C=O) groups is 2. The van der Waals surface area contributed by atoms with Crippen molar-refractivity contribution in [2.45, 2.75) is 18.9 Å². The van der Waals surface area contributed by atoms with Gasteiger partial charge in [-0.15, -0.1) is 0 Å². The molecule has 1 heterocycles. The molecule has 3 unspecified atom stereocenters. The molecule has 9 nitrogen and oxygen atoms in total. The average molecular weight is 471 g/mol. The molecule has 1 aromatic rings. The predicted octanol–water partition coefficient (Wildman–Crippen LogP) is 0.688. The lowest BCUT2D eigenvalue weighted by atomic mass is 9.68. The van der Waals surface area contributed by atoms with Crippen molar-refractivity contribution in [1.82, 2.24) is 20.4 Å². The van der Waals surface area contributed by atoms with Gasteiger partial charge in [0.05, 0.1) is 29.6 Å². The topological polar surface area (TPSA) is 125 Å². The number of hydrogen-bond donors (Lipinski definition) is 5. The van der Waals surface area contributed by atoms with Crippen molar-refractivity contribution in [2.24, 2.45) is 11.8 Å². The summed E-state index contributed by atoms with van der Waals surface area (Å²) in [6.45, 7) is 3.67. The molecule has 1 aliphatic heterocycles. The van der Waals surface area contributed by atoms with Crippen LogP contribution in [0, 0.1) is 11.8 Å². The van der Waals surface area contributed by atoms with Crippen LogP contribution in [0.4, 0.5) is 0 Å². The zero-order chi connectivity index (χ0) is 24.4. The van der Waals surface area contributed by atoms with Gasteiger partial charge >= 0.3 is 0 Å². The first-order valence-corrected chi connectivity index (χ1v) is 11.9. The van der Waals surface area contributed by atoms with Gasteiger partial charge in [-0.05, 0) is 57.8 Å². The van der Waals surface area contributed by atoms with Crippen LogP contribution in [-0.2, 0) is 0 Å². The number of ketones is 2. The molecule has 0 spiro atoms. The van der Waals surface area contributed by atoms with Gasteiger partial charge in [0.15, 0.2) is 11.6 Å². The van der Waals surface area contributed by atoms with Crippen molar-refractivity contribution in [3.8, 4) is 11.5 Å². The van der Waals surface area contributed by atoms with Gasteiger partial charge in [0.2, 0.25) is 0 Å². The molecule has 0 amide bonds. The number of likely N-dealkylation sites (tertiary alicyclic amines) is 1. The number of nitrogens with zero attached hydrogens (tertiary/aromatic N) is 2. The van der Waals surface area contributed by atoms with Crippen LogP contribution in [0.5, 0.6) is 11.5 Å². The van der Waals surface area contributed by atoms with E-state index in [0.717, 1.165) is 25.9 Å². The molecule has 4 rings (SSSR count). The Hall–Kier alpha value is -2.88. The van der Waals surface area contributed by atoms with Crippen LogP contribution in [0.3, 0.4) is 0 Å². The second-order valence-electron chi connectivity index (χ2n) is 9.45. The van der Waals surface area contributed by atoms with E-state index in [1.807, 2.05) is 31.1 Å². The summed E-state index contributed by atoms with van der Waals surface area (Å²) in [5, 5.41) is 37.0. The molecule has 1 aromatic carbocycles. The molecular formula is C25H34N4O5. The highest BCUT2D eigenvalue weighted by molar-refractivity contribution is 6.20. The number of benzene rings is 1. The van der Waals surface area contributed by atoms with Gasteiger partial charge in [-0.1, -0.05) is 0 Å². The summed E-state index contributed by atoms with van der Waals surface area (Å²) >= 11 is 0. The van der Waals surface area contributed by atoms with E-state index < -0.39 is 11.8 Å². The van der Waals surface area contributed by atoms with Crippen LogP contribution in [-0.4, -0.2) is 96.2 Å². The molecule has 2 aliphatic carbocycles. The van der Waals surface area contributed by atoms with Gasteiger partial charge in [-0.2, -0.15) is 0 Å². The lowest BCUT2D eigenvalue weighted by Gasteiger charge is -2.37. The highest BCUT2D eigenvalue weighted by Gasteiger charge is 2.48. The highest BCUT2D eigenvalue weighted by atomic mass is 16.3. The molecule has 34 heavy (non-hydrogen) atoms. The quantitative estimate of drug-likeness (QED) is 0.332. The number of phenolic OH excluding ortho intramolecular Hbond substituents is 2. The summed E-state index contributed by atoms with van der Waals surface area (Å²) in [7, 11) is 3.91. The number of phenols is 2. The van der Waals surface area contributed by atoms with Gasteiger partial charge in [0.25, 0.3) is 0 Å². The summed E-state index contributed by atoms with van der Waals surface area (Å²) in [6, 6.07) is 2.65. The van der Waals surface area contributed by atoms with Crippen LogP contribution >= 0.6 is 0 Å². The Kier molecular flexibility index (Phi) is 7.25. The Balaban J connectivity index is 1.61. The number of aromatic hydroxyl groups is 2. The van der Waals surface area contributed by atoms with Gasteiger partial charge in [-0.25, -0.2) is 0 Å². The summed E-state index contributed by atoms with van der Waals surface area (Å²) < 4.78 is 0. The number of rotatable bonds is 9. The van der Waals surface area contributed by atoms with E-state index in [-0.39, 0.29) is 46.8 Å². The van der Waals surface area contributed by atoms with Crippen LogP contribution in [0.2, 0.25) is 0 Å². The molecule has 9 heteroatoms. The van der Waals surface area contributed by atoms with Crippen LogP contribution in [0.25, 0.3) is 0 Å². The largest absolute Gasteiger partial charge is 0.507 e. The van der Waals surface area contributed by atoms with Gasteiger partial charge < -0.3 is 30.9 Å². The standard InChI is InChI=1S/C25H34N4O5/c1-28(2)12-9-26-16-5-6-17(27-10-13-29-11-3-4-15(29)14-30)21-20(16)24(33)22-18(31)7-8-19(32)23(22)25(21)34/h5-8,15,20-21,26-27,30-32H,3-4,9-14H2,1-2H3. The van der Waals surface area contributed by atoms with Gasteiger partial charge in [0.1, 0.15) is 11.5 Å². The van der Waals surface area contributed by atoms with Crippen LogP contribution < -0.4 is 10.6 Å². The first-order valence-electron chi connectivity index (χ1n) is 11.9. The molecule has 0 bridgehead atoms. The summed E-state index contributed by atoms with van der Waals surface area (Å²) in [5.41, 5.74) is 1.02. The number of hydrogen-bond acceptors (Lipinski definition) is 9. The number of aliphatic hydroxyl groups is 1. The van der Waals surface area contributed by atoms with E-state index in [1.54, 1.807) is 0 Å². The van der Waals surface area contributed by atoms with E-state index in [9.17, 15) is 24.9 Å². The average Bonchev–Trinajstić information content (AvgIpc) is 3.26.